The summed E-state index contributed by atoms with van der Waals surface area (Å²) in [7, 11) is 3.53. The third-order valence-corrected chi connectivity index (χ3v) is 5.99. The van der Waals surface area contributed by atoms with Gasteiger partial charge in [-0.2, -0.15) is 5.10 Å². The molecule has 6 nitrogen and oxygen atoms in total. The van der Waals surface area contributed by atoms with Crippen LogP contribution in [0.25, 0.3) is 21.7 Å². The van der Waals surface area contributed by atoms with Gasteiger partial charge in [-0.15, -0.1) is 10.2 Å². The van der Waals surface area contributed by atoms with E-state index in [0.29, 0.717) is 22.1 Å². The first-order valence-corrected chi connectivity index (χ1v) is 9.48. The lowest BCUT2D eigenvalue weighted by atomic mass is 10.1. The predicted molar refractivity (Wildman–Crippen MR) is 100 cm³/mol. The second kappa shape index (κ2) is 6.88. The number of aryl methyl sites for hydroxylation is 1. The summed E-state index contributed by atoms with van der Waals surface area (Å²) in [5.74, 6) is -0.578. The number of aromatic nitrogens is 4. The molecule has 0 saturated heterocycles. The molecule has 2 heterocycles. The van der Waals surface area contributed by atoms with Gasteiger partial charge in [0.2, 0.25) is 5.13 Å². The van der Waals surface area contributed by atoms with Crippen molar-refractivity contribution < 1.29 is 13.9 Å². The lowest BCUT2D eigenvalue weighted by Crippen LogP contribution is -2.35. The van der Waals surface area contributed by atoms with E-state index >= 15 is 0 Å². The summed E-state index contributed by atoms with van der Waals surface area (Å²) < 4.78 is 30.2. The zero-order chi connectivity index (χ0) is 19.1. The van der Waals surface area contributed by atoms with Gasteiger partial charge in [-0.3, -0.25) is 4.68 Å². The van der Waals surface area contributed by atoms with Crippen molar-refractivity contribution in [3.8, 4) is 27.4 Å². The zero-order valence-electron chi connectivity index (χ0n) is 14.9. The Hall–Kier alpha value is -2.55. The summed E-state index contributed by atoms with van der Waals surface area (Å²) in [6, 6.07) is 2.39. The molecular weight excluding hydrogens is 372 g/mol. The van der Waals surface area contributed by atoms with E-state index in [1.54, 1.807) is 29.9 Å². The Morgan fingerprint density at radius 3 is 2.74 bits per heavy atom. The van der Waals surface area contributed by atoms with Crippen molar-refractivity contribution in [3.05, 3.63) is 30.3 Å². The second-order valence-corrected chi connectivity index (χ2v) is 7.72. The number of alkyl halides is 1. The molecule has 1 aromatic carbocycles. The van der Waals surface area contributed by atoms with Crippen molar-refractivity contribution in [2.24, 2.45) is 7.05 Å². The van der Waals surface area contributed by atoms with Crippen molar-refractivity contribution in [2.75, 3.05) is 11.9 Å². The van der Waals surface area contributed by atoms with Crippen LogP contribution >= 0.6 is 11.3 Å². The molecule has 27 heavy (non-hydrogen) atoms. The number of phenols is 1. The van der Waals surface area contributed by atoms with Gasteiger partial charge in [0, 0.05) is 31.4 Å². The molecular formula is C18H19F2N5OS. The minimum absolute atomic E-state index is 0.0927. The first-order chi connectivity index (χ1) is 12.9. The quantitative estimate of drug-likeness (QED) is 0.733. The molecule has 0 aliphatic heterocycles. The third kappa shape index (κ3) is 3.27. The van der Waals surface area contributed by atoms with Gasteiger partial charge in [0.05, 0.1) is 17.8 Å². The Bertz CT molecular complexity index is 973. The number of halogens is 2. The van der Waals surface area contributed by atoms with Crippen molar-refractivity contribution in [2.45, 2.75) is 31.5 Å². The number of anilines is 1. The Morgan fingerprint density at radius 2 is 2.07 bits per heavy atom. The SMILES string of the molecule is CN(c1nnc(-c2cc(F)c(-c3cnn(C)c3)cc2O)s1)[C@@H]1CCC[C@@H]1F. The number of phenolic OH excluding ortho intramolecular Hbond substituents is 1. The molecule has 3 aromatic rings. The van der Waals surface area contributed by atoms with Crippen LogP contribution in [0.3, 0.4) is 0 Å². The predicted octanol–water partition coefficient (Wildman–Crippen LogP) is 3.78. The number of hydrogen-bond donors (Lipinski definition) is 1. The molecule has 2 atom stereocenters. The number of aromatic hydroxyl groups is 1. The summed E-state index contributed by atoms with van der Waals surface area (Å²) in [5.41, 5.74) is 1.10. The van der Waals surface area contributed by atoms with Crippen molar-refractivity contribution >= 4 is 16.5 Å². The van der Waals surface area contributed by atoms with Gasteiger partial charge in [0.1, 0.15) is 17.7 Å². The van der Waals surface area contributed by atoms with E-state index in [0.717, 1.165) is 12.8 Å². The Morgan fingerprint density at radius 1 is 1.26 bits per heavy atom. The largest absolute Gasteiger partial charge is 0.507 e. The normalized spacial score (nSPS) is 19.6. The molecule has 9 heteroatoms. The van der Waals surface area contributed by atoms with E-state index in [9.17, 15) is 13.9 Å². The summed E-state index contributed by atoms with van der Waals surface area (Å²) in [5, 5.41) is 23.6. The highest BCUT2D eigenvalue weighted by molar-refractivity contribution is 7.18. The highest BCUT2D eigenvalue weighted by Gasteiger charge is 2.32. The van der Waals surface area contributed by atoms with Crippen LogP contribution in [0.4, 0.5) is 13.9 Å². The smallest absolute Gasteiger partial charge is 0.208 e. The van der Waals surface area contributed by atoms with Gasteiger partial charge in [-0.1, -0.05) is 11.3 Å². The Labute approximate surface area is 159 Å². The monoisotopic (exact) mass is 391 g/mol. The molecule has 2 aromatic heterocycles. The van der Waals surface area contributed by atoms with Crippen LogP contribution in [-0.4, -0.2) is 44.3 Å². The lowest BCUT2D eigenvalue weighted by Gasteiger charge is -2.24. The minimum atomic E-state index is -0.882. The Kier molecular flexibility index (Phi) is 4.55. The summed E-state index contributed by atoms with van der Waals surface area (Å²) in [4.78, 5) is 1.79. The van der Waals surface area contributed by atoms with Gasteiger partial charge in [-0.25, -0.2) is 8.78 Å². The molecule has 1 N–H and O–H groups in total. The molecule has 4 rings (SSSR count). The second-order valence-electron chi connectivity index (χ2n) is 6.77. The fourth-order valence-electron chi connectivity index (χ4n) is 3.45. The highest BCUT2D eigenvalue weighted by Crippen LogP contribution is 2.39. The standard InChI is InChI=1S/C18H19F2N5OS/c1-24-9-10(8-21-24)11-7-16(26)12(6-14(11)20)17-22-23-18(27-17)25(2)15-5-3-4-13(15)19/h6-9,13,15,26H,3-5H2,1-2H3/t13-,15+/m0/s1. The van der Waals surface area contributed by atoms with E-state index in [4.69, 9.17) is 0 Å². The van der Waals surface area contributed by atoms with Crippen LogP contribution < -0.4 is 4.90 Å². The molecule has 1 fully saturated rings. The van der Waals surface area contributed by atoms with Crippen LogP contribution in [0, 0.1) is 5.82 Å². The third-order valence-electron chi connectivity index (χ3n) is 4.94. The van der Waals surface area contributed by atoms with Crippen molar-refractivity contribution in [1.82, 2.24) is 20.0 Å². The topological polar surface area (TPSA) is 67.1 Å². The number of hydrogen-bond acceptors (Lipinski definition) is 6. The molecule has 0 spiro atoms. The molecule has 1 aliphatic rings. The maximum absolute atomic E-state index is 14.6. The molecule has 1 saturated carbocycles. The van der Waals surface area contributed by atoms with Crippen LogP contribution in [-0.2, 0) is 7.05 Å². The summed E-state index contributed by atoms with van der Waals surface area (Å²) in [6.45, 7) is 0. The molecule has 0 radical (unpaired) electrons. The first-order valence-electron chi connectivity index (χ1n) is 8.66. The molecule has 0 unspecified atom stereocenters. The van der Waals surface area contributed by atoms with Crippen molar-refractivity contribution in [1.29, 1.82) is 0 Å². The number of rotatable bonds is 4. The number of nitrogens with zero attached hydrogens (tertiary/aromatic N) is 5. The molecule has 1 aliphatic carbocycles. The van der Waals surface area contributed by atoms with Gasteiger partial charge in [0.25, 0.3) is 0 Å². The van der Waals surface area contributed by atoms with E-state index in [1.807, 2.05) is 0 Å². The minimum Gasteiger partial charge on any atom is -0.507 e. The average molecular weight is 391 g/mol. The average Bonchev–Trinajstić information content (AvgIpc) is 3.37. The van der Waals surface area contributed by atoms with Gasteiger partial charge in [0.15, 0.2) is 5.01 Å². The van der Waals surface area contributed by atoms with E-state index in [2.05, 4.69) is 15.3 Å². The Balaban J connectivity index is 1.64. The van der Waals surface area contributed by atoms with Gasteiger partial charge in [-0.05, 0) is 31.4 Å². The van der Waals surface area contributed by atoms with Crippen LogP contribution in [0.15, 0.2) is 24.5 Å². The highest BCUT2D eigenvalue weighted by atomic mass is 32.1. The van der Waals surface area contributed by atoms with Crippen molar-refractivity contribution in [3.63, 3.8) is 0 Å². The van der Waals surface area contributed by atoms with E-state index in [-0.39, 0.29) is 22.9 Å². The molecule has 142 valence electrons. The molecule has 0 bridgehead atoms. The first kappa shape index (κ1) is 17.8. The lowest BCUT2D eigenvalue weighted by molar-refractivity contribution is 0.307. The fraction of sp³-hybridized carbons (Fsp3) is 0.389. The maximum Gasteiger partial charge on any atom is 0.208 e. The van der Waals surface area contributed by atoms with Crippen LogP contribution in [0.2, 0.25) is 0 Å². The van der Waals surface area contributed by atoms with E-state index < -0.39 is 12.0 Å². The maximum atomic E-state index is 14.6. The summed E-state index contributed by atoms with van der Waals surface area (Å²) >= 11 is 1.21. The van der Waals surface area contributed by atoms with Crippen LogP contribution in [0.1, 0.15) is 19.3 Å². The van der Waals surface area contributed by atoms with Gasteiger partial charge < -0.3 is 10.0 Å². The molecule has 0 amide bonds. The zero-order valence-corrected chi connectivity index (χ0v) is 15.7. The van der Waals surface area contributed by atoms with Gasteiger partial charge >= 0.3 is 0 Å². The summed E-state index contributed by atoms with van der Waals surface area (Å²) in [6.07, 6.45) is 4.50. The number of benzene rings is 1. The fourth-order valence-corrected chi connectivity index (χ4v) is 4.34. The van der Waals surface area contributed by atoms with E-state index in [1.165, 1.54) is 29.7 Å². The van der Waals surface area contributed by atoms with Crippen LogP contribution in [0.5, 0.6) is 5.75 Å².